The molecule has 94 valence electrons. The van der Waals surface area contributed by atoms with E-state index in [0.29, 0.717) is 17.5 Å². The average molecular weight is 300 g/mol. The third kappa shape index (κ3) is 4.04. The van der Waals surface area contributed by atoms with Crippen molar-refractivity contribution < 1.29 is 9.90 Å². The van der Waals surface area contributed by atoms with Gasteiger partial charge in [-0.25, -0.2) is 4.79 Å². The van der Waals surface area contributed by atoms with Crippen molar-refractivity contribution in [3.8, 4) is 0 Å². The Morgan fingerprint density at radius 2 is 2.06 bits per heavy atom. The van der Waals surface area contributed by atoms with Crippen molar-refractivity contribution >= 4 is 27.6 Å². The van der Waals surface area contributed by atoms with Crippen LogP contribution in [0.3, 0.4) is 0 Å². The number of benzene rings is 1. The number of carboxylic acids is 1. The van der Waals surface area contributed by atoms with E-state index in [1.807, 2.05) is 6.07 Å². The van der Waals surface area contributed by atoms with Crippen LogP contribution in [0.1, 0.15) is 37.6 Å². The summed E-state index contributed by atoms with van der Waals surface area (Å²) in [7, 11) is 0. The maximum Gasteiger partial charge on any atom is 0.335 e. The minimum atomic E-state index is -0.910. The van der Waals surface area contributed by atoms with Gasteiger partial charge in [-0.2, -0.15) is 0 Å². The molecule has 2 N–H and O–H groups in total. The molecule has 1 aromatic rings. The lowest BCUT2D eigenvalue weighted by Gasteiger charge is -2.22. The van der Waals surface area contributed by atoms with Gasteiger partial charge in [-0.3, -0.25) is 0 Å². The fourth-order valence-electron chi connectivity index (χ4n) is 1.75. The summed E-state index contributed by atoms with van der Waals surface area (Å²) >= 11 is 3.33. The number of hydrogen-bond donors (Lipinski definition) is 2. The number of rotatable bonds is 5. The number of hydrogen-bond acceptors (Lipinski definition) is 2. The van der Waals surface area contributed by atoms with Crippen LogP contribution in [0.15, 0.2) is 22.7 Å². The summed E-state index contributed by atoms with van der Waals surface area (Å²) in [5, 5.41) is 12.4. The van der Waals surface area contributed by atoms with Crippen LogP contribution in [0, 0.1) is 5.92 Å². The van der Waals surface area contributed by atoms with Gasteiger partial charge in [0.05, 0.1) is 5.56 Å². The molecular weight excluding hydrogens is 282 g/mol. The Hall–Kier alpha value is -1.03. The van der Waals surface area contributed by atoms with Crippen molar-refractivity contribution in [3.05, 3.63) is 28.2 Å². The summed E-state index contributed by atoms with van der Waals surface area (Å²) in [5.41, 5.74) is 1.14. The quantitative estimate of drug-likeness (QED) is 0.864. The van der Waals surface area contributed by atoms with Gasteiger partial charge in [0.15, 0.2) is 0 Å². The number of aromatic carboxylic acids is 1. The summed E-state index contributed by atoms with van der Waals surface area (Å²) in [6.45, 7) is 6.42. The van der Waals surface area contributed by atoms with Crippen molar-refractivity contribution in [1.82, 2.24) is 0 Å². The lowest BCUT2D eigenvalue weighted by molar-refractivity contribution is 0.0697. The smallest absolute Gasteiger partial charge is 0.335 e. The summed E-state index contributed by atoms with van der Waals surface area (Å²) in [4.78, 5) is 10.9. The van der Waals surface area contributed by atoms with E-state index in [-0.39, 0.29) is 0 Å². The van der Waals surface area contributed by atoms with Crippen LogP contribution in [0.2, 0.25) is 0 Å². The predicted octanol–water partition coefficient (Wildman–Crippen LogP) is 3.99. The molecule has 1 rings (SSSR count). The number of carboxylic acid groups (broad SMARTS) is 1. The van der Waals surface area contributed by atoms with Crippen LogP contribution in [0.5, 0.6) is 0 Å². The van der Waals surface area contributed by atoms with E-state index in [4.69, 9.17) is 5.11 Å². The summed E-state index contributed by atoms with van der Waals surface area (Å²) < 4.78 is 0.776. The van der Waals surface area contributed by atoms with Crippen molar-refractivity contribution in [2.75, 3.05) is 5.32 Å². The molecule has 3 nitrogen and oxygen atoms in total. The van der Waals surface area contributed by atoms with Crippen LogP contribution >= 0.6 is 15.9 Å². The second-order valence-electron chi connectivity index (χ2n) is 4.44. The first kappa shape index (κ1) is 14.0. The minimum absolute atomic E-state index is 0.292. The molecule has 0 radical (unpaired) electrons. The fourth-order valence-corrected chi connectivity index (χ4v) is 2.24. The van der Waals surface area contributed by atoms with E-state index in [9.17, 15) is 4.79 Å². The predicted molar refractivity (Wildman–Crippen MR) is 73.6 cm³/mol. The van der Waals surface area contributed by atoms with Crippen LogP contribution < -0.4 is 5.32 Å². The molecule has 4 heteroatoms. The Kier molecular flexibility index (Phi) is 5.00. The summed E-state index contributed by atoms with van der Waals surface area (Å²) in [6, 6.07) is 5.52. The Morgan fingerprint density at radius 3 is 2.53 bits per heavy atom. The van der Waals surface area contributed by atoms with E-state index in [0.717, 1.165) is 16.6 Å². The SMILES string of the molecule is CCC(Nc1cc(Br)cc(C(=O)O)c1)C(C)C. The highest BCUT2D eigenvalue weighted by molar-refractivity contribution is 9.10. The Bertz CT molecular complexity index is 404. The maximum atomic E-state index is 10.9. The zero-order chi connectivity index (χ0) is 13.0. The van der Waals surface area contributed by atoms with Gasteiger partial charge in [0.2, 0.25) is 0 Å². The highest BCUT2D eigenvalue weighted by Gasteiger charge is 2.12. The molecule has 0 fully saturated rings. The second kappa shape index (κ2) is 6.05. The normalized spacial score (nSPS) is 12.5. The largest absolute Gasteiger partial charge is 0.478 e. The summed E-state index contributed by atoms with van der Waals surface area (Å²) in [6.07, 6.45) is 1.01. The molecule has 1 aromatic carbocycles. The van der Waals surface area contributed by atoms with Crippen LogP contribution in [0.25, 0.3) is 0 Å². The fraction of sp³-hybridized carbons (Fsp3) is 0.462. The highest BCUT2D eigenvalue weighted by atomic mass is 79.9. The van der Waals surface area contributed by atoms with Crippen molar-refractivity contribution in [1.29, 1.82) is 0 Å². The number of carbonyl (C=O) groups is 1. The van der Waals surface area contributed by atoms with Gasteiger partial charge in [0.25, 0.3) is 0 Å². The van der Waals surface area contributed by atoms with Gasteiger partial charge in [-0.1, -0.05) is 36.7 Å². The molecule has 0 aliphatic rings. The molecule has 17 heavy (non-hydrogen) atoms. The lowest BCUT2D eigenvalue weighted by atomic mass is 10.0. The third-order valence-corrected chi connectivity index (χ3v) is 3.20. The average Bonchev–Trinajstić information content (AvgIpc) is 2.24. The third-order valence-electron chi connectivity index (χ3n) is 2.74. The molecule has 0 heterocycles. The highest BCUT2D eigenvalue weighted by Crippen LogP contribution is 2.22. The number of halogens is 1. The topological polar surface area (TPSA) is 49.3 Å². The monoisotopic (exact) mass is 299 g/mol. The molecular formula is C13H18BrNO2. The number of anilines is 1. The van der Waals surface area contributed by atoms with E-state index in [1.54, 1.807) is 12.1 Å². The zero-order valence-corrected chi connectivity index (χ0v) is 11.9. The molecule has 0 bridgehead atoms. The van der Waals surface area contributed by atoms with Crippen LogP contribution in [-0.4, -0.2) is 17.1 Å². The molecule has 0 saturated heterocycles. The van der Waals surface area contributed by atoms with Gasteiger partial charge >= 0.3 is 5.97 Å². The van der Waals surface area contributed by atoms with Crippen molar-refractivity contribution in [2.24, 2.45) is 5.92 Å². The minimum Gasteiger partial charge on any atom is -0.478 e. The summed E-state index contributed by atoms with van der Waals surface area (Å²) in [5.74, 6) is -0.404. The van der Waals surface area contributed by atoms with E-state index < -0.39 is 5.97 Å². The van der Waals surface area contributed by atoms with E-state index in [2.05, 4.69) is 42.0 Å². The molecule has 0 aliphatic carbocycles. The Balaban J connectivity index is 2.94. The Labute approximate surface area is 110 Å². The maximum absolute atomic E-state index is 10.9. The molecule has 0 amide bonds. The first-order chi connectivity index (χ1) is 7.93. The zero-order valence-electron chi connectivity index (χ0n) is 10.3. The van der Waals surface area contributed by atoms with Gasteiger partial charge < -0.3 is 10.4 Å². The van der Waals surface area contributed by atoms with Crippen molar-refractivity contribution in [2.45, 2.75) is 33.2 Å². The first-order valence-corrected chi connectivity index (χ1v) is 6.53. The molecule has 0 aromatic heterocycles. The van der Waals surface area contributed by atoms with Gasteiger partial charge in [-0.15, -0.1) is 0 Å². The standard InChI is InChI=1S/C13H18BrNO2/c1-4-12(8(2)3)15-11-6-9(13(16)17)5-10(14)7-11/h5-8,12,15H,4H2,1-3H3,(H,16,17). The molecule has 0 aliphatic heterocycles. The Morgan fingerprint density at radius 1 is 1.41 bits per heavy atom. The van der Waals surface area contributed by atoms with Gasteiger partial charge in [0, 0.05) is 16.2 Å². The molecule has 1 unspecified atom stereocenters. The van der Waals surface area contributed by atoms with Crippen molar-refractivity contribution in [3.63, 3.8) is 0 Å². The first-order valence-electron chi connectivity index (χ1n) is 5.74. The van der Waals surface area contributed by atoms with Gasteiger partial charge in [0.1, 0.15) is 0 Å². The molecule has 1 atom stereocenters. The molecule has 0 saturated carbocycles. The lowest BCUT2D eigenvalue weighted by Crippen LogP contribution is -2.24. The van der Waals surface area contributed by atoms with Gasteiger partial charge in [-0.05, 0) is 30.5 Å². The van der Waals surface area contributed by atoms with Crippen LogP contribution in [-0.2, 0) is 0 Å². The molecule has 0 spiro atoms. The van der Waals surface area contributed by atoms with E-state index in [1.165, 1.54) is 0 Å². The number of nitrogens with one attached hydrogen (secondary N) is 1. The van der Waals surface area contributed by atoms with E-state index >= 15 is 0 Å². The second-order valence-corrected chi connectivity index (χ2v) is 5.35. The van der Waals surface area contributed by atoms with Crippen LogP contribution in [0.4, 0.5) is 5.69 Å².